The fourth-order valence-electron chi connectivity index (χ4n) is 0.988. The van der Waals surface area contributed by atoms with Crippen molar-refractivity contribution in [3.8, 4) is 0 Å². The van der Waals surface area contributed by atoms with Crippen LogP contribution < -0.4 is 5.32 Å². The smallest absolute Gasteiger partial charge is 0.330 e. The molecular weight excluding hydrogens is 198 g/mol. The molecule has 0 fully saturated rings. The first-order valence-corrected chi connectivity index (χ1v) is 6.13. The maximum absolute atomic E-state index is 10.5. The summed E-state index contributed by atoms with van der Waals surface area (Å²) in [7, 11) is 0. The Bertz CT molecular complexity index is 204. The first-order valence-electron chi connectivity index (χ1n) is 4.74. The van der Waals surface area contributed by atoms with Crippen LogP contribution in [0.1, 0.15) is 20.3 Å². The van der Waals surface area contributed by atoms with Gasteiger partial charge in [-0.1, -0.05) is 13.0 Å². The Morgan fingerprint density at radius 3 is 2.71 bits per heavy atom. The quantitative estimate of drug-likeness (QED) is 0.638. The van der Waals surface area contributed by atoms with Crippen LogP contribution in [0.2, 0.25) is 0 Å². The van der Waals surface area contributed by atoms with Crippen LogP contribution in [0.15, 0.2) is 11.6 Å². The van der Waals surface area contributed by atoms with Crippen molar-refractivity contribution in [2.75, 3.05) is 18.6 Å². The molecule has 2 N–H and O–H groups in total. The molecule has 3 nitrogen and oxygen atoms in total. The van der Waals surface area contributed by atoms with Crippen molar-refractivity contribution in [3.63, 3.8) is 0 Å². The topological polar surface area (TPSA) is 49.3 Å². The molecule has 14 heavy (non-hydrogen) atoms. The van der Waals surface area contributed by atoms with Gasteiger partial charge in [-0.2, -0.15) is 11.8 Å². The Balaban J connectivity index is 3.80. The summed E-state index contributed by atoms with van der Waals surface area (Å²) in [6.07, 6.45) is 4.86. The van der Waals surface area contributed by atoms with Crippen molar-refractivity contribution >= 4 is 17.7 Å². The van der Waals surface area contributed by atoms with Gasteiger partial charge in [-0.25, -0.2) is 4.79 Å². The number of hydrogen-bond donors (Lipinski definition) is 2. The van der Waals surface area contributed by atoms with Gasteiger partial charge in [0, 0.05) is 23.9 Å². The monoisotopic (exact) mass is 217 g/mol. The van der Waals surface area contributed by atoms with Gasteiger partial charge in [0.15, 0.2) is 0 Å². The fourth-order valence-corrected chi connectivity index (χ4v) is 1.74. The van der Waals surface area contributed by atoms with Gasteiger partial charge in [-0.15, -0.1) is 0 Å². The van der Waals surface area contributed by atoms with Gasteiger partial charge in [0.25, 0.3) is 0 Å². The van der Waals surface area contributed by atoms with E-state index in [-0.39, 0.29) is 0 Å². The minimum absolute atomic E-state index is 0.400. The van der Waals surface area contributed by atoms with E-state index in [0.717, 1.165) is 12.2 Å². The number of hydrogen-bond acceptors (Lipinski definition) is 3. The lowest BCUT2D eigenvalue weighted by Crippen LogP contribution is -2.30. The number of thioether (sulfide) groups is 1. The first kappa shape index (κ1) is 13.5. The second-order valence-electron chi connectivity index (χ2n) is 3.16. The number of carboxylic acids is 1. The molecule has 0 radical (unpaired) electrons. The average molecular weight is 217 g/mol. The molecule has 0 bridgehead atoms. The van der Waals surface area contributed by atoms with E-state index in [9.17, 15) is 4.79 Å². The number of nitrogens with one attached hydrogen (secondary N) is 1. The predicted octanol–water partition coefficient (Wildman–Crippen LogP) is 1.75. The molecule has 0 aliphatic carbocycles. The summed E-state index contributed by atoms with van der Waals surface area (Å²) in [6.45, 7) is 4.37. The van der Waals surface area contributed by atoms with Crippen molar-refractivity contribution in [1.29, 1.82) is 0 Å². The Morgan fingerprint density at radius 2 is 2.29 bits per heavy atom. The first-order chi connectivity index (χ1) is 6.61. The predicted molar refractivity (Wildman–Crippen MR) is 61.9 cm³/mol. The minimum atomic E-state index is -0.843. The normalized spacial score (nSPS) is 14.1. The highest BCUT2D eigenvalue weighted by molar-refractivity contribution is 7.98. The fraction of sp³-hybridized carbons (Fsp3) is 0.700. The molecule has 1 unspecified atom stereocenters. The van der Waals surface area contributed by atoms with Gasteiger partial charge < -0.3 is 10.4 Å². The van der Waals surface area contributed by atoms with E-state index in [1.54, 1.807) is 24.8 Å². The summed E-state index contributed by atoms with van der Waals surface area (Å²) in [5, 5.41) is 11.9. The van der Waals surface area contributed by atoms with Crippen LogP contribution in [-0.2, 0) is 4.79 Å². The van der Waals surface area contributed by atoms with Crippen molar-refractivity contribution < 1.29 is 9.90 Å². The highest BCUT2D eigenvalue weighted by atomic mass is 32.2. The minimum Gasteiger partial charge on any atom is -0.478 e. The highest BCUT2D eigenvalue weighted by Gasteiger charge is 2.03. The molecular formula is C10H19NO2S. The highest BCUT2D eigenvalue weighted by Crippen LogP contribution is 2.00. The molecule has 4 heteroatoms. The Labute approximate surface area is 90.0 Å². The molecule has 0 spiro atoms. The maximum Gasteiger partial charge on any atom is 0.330 e. The second-order valence-corrected chi connectivity index (χ2v) is 4.07. The molecule has 0 aromatic rings. The van der Waals surface area contributed by atoms with Gasteiger partial charge in [-0.05, 0) is 19.6 Å². The van der Waals surface area contributed by atoms with Gasteiger partial charge in [-0.3, -0.25) is 0 Å². The lowest BCUT2D eigenvalue weighted by molar-refractivity contribution is -0.132. The Hall–Kier alpha value is -0.480. The van der Waals surface area contributed by atoms with Crippen LogP contribution in [0.25, 0.3) is 0 Å². The van der Waals surface area contributed by atoms with E-state index in [1.807, 2.05) is 0 Å². The summed E-state index contributed by atoms with van der Waals surface area (Å²) in [5.41, 5.74) is 0.400. The zero-order valence-corrected chi connectivity index (χ0v) is 9.86. The van der Waals surface area contributed by atoms with Crippen LogP contribution in [0.4, 0.5) is 0 Å². The second kappa shape index (κ2) is 7.88. The molecule has 0 heterocycles. The molecule has 1 atom stereocenters. The number of rotatable bonds is 7. The van der Waals surface area contributed by atoms with Crippen LogP contribution >= 0.6 is 11.8 Å². The van der Waals surface area contributed by atoms with Crippen LogP contribution in [-0.4, -0.2) is 35.7 Å². The molecule has 0 aromatic carbocycles. The van der Waals surface area contributed by atoms with Gasteiger partial charge in [0.05, 0.1) is 0 Å². The third-order valence-corrected chi connectivity index (χ3v) is 2.75. The van der Waals surface area contributed by atoms with Crippen LogP contribution in [0, 0.1) is 0 Å². The zero-order valence-electron chi connectivity index (χ0n) is 9.04. The van der Waals surface area contributed by atoms with E-state index in [2.05, 4.69) is 18.5 Å². The third-order valence-electron chi connectivity index (χ3n) is 2.01. The molecule has 0 aliphatic rings. The summed E-state index contributed by atoms with van der Waals surface area (Å²) < 4.78 is 0. The van der Waals surface area contributed by atoms with Crippen molar-refractivity contribution in [2.45, 2.75) is 26.3 Å². The lowest BCUT2D eigenvalue weighted by Gasteiger charge is -2.13. The Morgan fingerprint density at radius 1 is 1.64 bits per heavy atom. The van der Waals surface area contributed by atoms with Crippen LogP contribution in [0.3, 0.4) is 0 Å². The molecule has 0 amide bonds. The lowest BCUT2D eigenvalue weighted by atomic mass is 10.2. The van der Waals surface area contributed by atoms with Crippen molar-refractivity contribution in [2.24, 2.45) is 0 Å². The number of carbonyl (C=O) groups is 1. The third kappa shape index (κ3) is 6.05. The summed E-state index contributed by atoms with van der Waals surface area (Å²) in [5.74, 6) is 0.223. The summed E-state index contributed by atoms with van der Waals surface area (Å²) >= 11 is 1.80. The SMILES string of the molecule is CCC(CSC)NC/C=C(/C)C(=O)O. The molecule has 0 saturated carbocycles. The van der Waals surface area contributed by atoms with Crippen LogP contribution in [0.5, 0.6) is 0 Å². The molecule has 0 rings (SSSR count). The van der Waals surface area contributed by atoms with E-state index in [1.165, 1.54) is 0 Å². The van der Waals surface area contributed by atoms with E-state index in [4.69, 9.17) is 5.11 Å². The Kier molecular flexibility index (Phi) is 7.61. The molecule has 0 aromatic heterocycles. The zero-order chi connectivity index (χ0) is 11.0. The van der Waals surface area contributed by atoms with Gasteiger partial charge in [0.1, 0.15) is 0 Å². The standard InChI is InChI=1S/C10H19NO2S/c1-4-9(7-14-3)11-6-5-8(2)10(12)13/h5,9,11H,4,6-7H2,1-3H3,(H,12,13)/b8-5-. The molecule has 82 valence electrons. The van der Waals surface area contributed by atoms with Crippen molar-refractivity contribution in [1.82, 2.24) is 5.32 Å². The number of carboxylic acid groups (broad SMARTS) is 1. The van der Waals surface area contributed by atoms with E-state index >= 15 is 0 Å². The van der Waals surface area contributed by atoms with Gasteiger partial charge >= 0.3 is 5.97 Å². The number of aliphatic carboxylic acids is 1. The van der Waals surface area contributed by atoms with Gasteiger partial charge in [0.2, 0.25) is 0 Å². The molecule has 0 saturated heterocycles. The largest absolute Gasteiger partial charge is 0.478 e. The summed E-state index contributed by atoms with van der Waals surface area (Å²) in [6, 6.07) is 0.475. The molecule has 0 aliphatic heterocycles. The van der Waals surface area contributed by atoms with Crippen molar-refractivity contribution in [3.05, 3.63) is 11.6 Å². The average Bonchev–Trinajstić information content (AvgIpc) is 2.16. The maximum atomic E-state index is 10.5. The summed E-state index contributed by atoms with van der Waals surface area (Å²) in [4.78, 5) is 10.5. The van der Waals surface area contributed by atoms with E-state index in [0.29, 0.717) is 18.2 Å². The van der Waals surface area contributed by atoms with E-state index < -0.39 is 5.97 Å².